The number of hydrogen-bond donors (Lipinski definition) is 2. The first-order valence-corrected chi connectivity index (χ1v) is 4.57. The number of nitriles is 1. The Labute approximate surface area is 84.9 Å². The van der Waals surface area contributed by atoms with E-state index in [1.165, 1.54) is 0 Å². The van der Waals surface area contributed by atoms with Gasteiger partial charge in [-0.3, -0.25) is 0 Å². The zero-order chi connectivity index (χ0) is 9.84. The van der Waals surface area contributed by atoms with Crippen molar-refractivity contribution in [3.05, 3.63) is 27.7 Å². The molecule has 0 fully saturated rings. The fourth-order valence-electron chi connectivity index (χ4n) is 1.04. The molecule has 0 radical (unpaired) electrons. The molecule has 3 nitrogen and oxygen atoms in total. The Hall–Kier alpha value is -1.05. The fraction of sp³-hybridized carbons (Fsp3) is 0.222. The lowest BCUT2D eigenvalue weighted by Crippen LogP contribution is -1.96. The van der Waals surface area contributed by atoms with Crippen molar-refractivity contribution in [3.8, 4) is 6.07 Å². The molecule has 0 saturated heterocycles. The predicted octanol–water partition coefficient (Wildman–Crippen LogP) is 1.44. The first-order chi connectivity index (χ1) is 6.19. The van der Waals surface area contributed by atoms with Gasteiger partial charge >= 0.3 is 0 Å². The van der Waals surface area contributed by atoms with Crippen molar-refractivity contribution in [1.82, 2.24) is 0 Å². The van der Waals surface area contributed by atoms with E-state index in [0.717, 1.165) is 5.56 Å². The second-order valence-electron chi connectivity index (χ2n) is 2.62. The van der Waals surface area contributed by atoms with Gasteiger partial charge in [0.15, 0.2) is 0 Å². The molecule has 0 atom stereocenters. The first kappa shape index (κ1) is 10.0. The number of halogens is 1. The number of hydrogen-bond acceptors (Lipinski definition) is 3. The summed E-state index contributed by atoms with van der Waals surface area (Å²) in [4.78, 5) is 0. The Morgan fingerprint density at radius 3 is 2.77 bits per heavy atom. The van der Waals surface area contributed by atoms with Gasteiger partial charge in [-0.1, -0.05) is 0 Å². The van der Waals surface area contributed by atoms with Crippen molar-refractivity contribution >= 4 is 21.6 Å². The molecule has 0 amide bonds. The van der Waals surface area contributed by atoms with Crippen molar-refractivity contribution in [2.45, 2.75) is 6.42 Å². The smallest absolute Gasteiger partial charge is 0.101 e. The average molecular weight is 241 g/mol. The third-order valence-corrected chi connectivity index (χ3v) is 2.37. The highest BCUT2D eigenvalue weighted by atomic mass is 79.9. The van der Waals surface area contributed by atoms with Gasteiger partial charge in [-0.05, 0) is 40.0 Å². The number of nitrogens with zero attached hydrogens (tertiary/aromatic N) is 1. The second kappa shape index (κ2) is 4.26. The van der Waals surface area contributed by atoms with E-state index in [0.29, 0.717) is 22.1 Å². The summed E-state index contributed by atoms with van der Waals surface area (Å²) in [6.45, 7) is 0.0707. The Morgan fingerprint density at radius 1 is 1.54 bits per heavy atom. The minimum Gasteiger partial charge on any atom is -0.397 e. The number of rotatable bonds is 2. The molecule has 68 valence electrons. The van der Waals surface area contributed by atoms with Gasteiger partial charge < -0.3 is 10.8 Å². The van der Waals surface area contributed by atoms with Gasteiger partial charge in [0.2, 0.25) is 0 Å². The maximum absolute atomic E-state index is 8.72. The lowest BCUT2D eigenvalue weighted by atomic mass is 10.1. The zero-order valence-electron chi connectivity index (χ0n) is 6.92. The summed E-state index contributed by atoms with van der Waals surface area (Å²) >= 11 is 3.25. The van der Waals surface area contributed by atoms with E-state index in [2.05, 4.69) is 15.9 Å². The third-order valence-electron chi connectivity index (χ3n) is 1.71. The molecule has 0 heterocycles. The van der Waals surface area contributed by atoms with Crippen LogP contribution in [0.25, 0.3) is 0 Å². The number of nitrogens with two attached hydrogens (primary N) is 1. The SMILES string of the molecule is N#Cc1cc(CCO)cc(Br)c1N. The summed E-state index contributed by atoms with van der Waals surface area (Å²) in [6, 6.07) is 5.50. The molecule has 0 unspecified atom stereocenters. The van der Waals surface area contributed by atoms with Crippen LogP contribution in [0, 0.1) is 11.3 Å². The number of anilines is 1. The number of nitrogen functional groups attached to an aromatic ring is 1. The van der Waals surface area contributed by atoms with Crippen LogP contribution in [0.15, 0.2) is 16.6 Å². The van der Waals surface area contributed by atoms with E-state index in [-0.39, 0.29) is 6.61 Å². The van der Waals surface area contributed by atoms with Gasteiger partial charge in [-0.25, -0.2) is 0 Å². The van der Waals surface area contributed by atoms with Crippen molar-refractivity contribution in [2.75, 3.05) is 12.3 Å². The van der Waals surface area contributed by atoms with Gasteiger partial charge in [-0.15, -0.1) is 0 Å². The van der Waals surface area contributed by atoms with Crippen LogP contribution in [0.5, 0.6) is 0 Å². The summed E-state index contributed by atoms with van der Waals surface area (Å²) in [7, 11) is 0. The number of benzene rings is 1. The van der Waals surface area contributed by atoms with Crippen molar-refractivity contribution in [1.29, 1.82) is 5.26 Å². The maximum Gasteiger partial charge on any atom is 0.101 e. The Morgan fingerprint density at radius 2 is 2.23 bits per heavy atom. The number of aliphatic hydroxyl groups is 1. The first-order valence-electron chi connectivity index (χ1n) is 3.78. The highest BCUT2D eigenvalue weighted by Crippen LogP contribution is 2.25. The minimum atomic E-state index is 0.0707. The molecule has 0 aliphatic rings. The predicted molar refractivity (Wildman–Crippen MR) is 54.1 cm³/mol. The van der Waals surface area contributed by atoms with Crippen LogP contribution < -0.4 is 5.73 Å². The molecule has 13 heavy (non-hydrogen) atoms. The molecule has 0 aliphatic carbocycles. The van der Waals surface area contributed by atoms with Gasteiger partial charge in [0.05, 0.1) is 11.3 Å². The maximum atomic E-state index is 8.72. The van der Waals surface area contributed by atoms with Gasteiger partial charge in [0.25, 0.3) is 0 Å². The highest BCUT2D eigenvalue weighted by molar-refractivity contribution is 9.10. The molecule has 1 rings (SSSR count). The van der Waals surface area contributed by atoms with Crippen molar-refractivity contribution < 1.29 is 5.11 Å². The van der Waals surface area contributed by atoms with E-state index in [4.69, 9.17) is 16.1 Å². The average Bonchev–Trinajstić information content (AvgIpc) is 2.11. The molecular formula is C9H9BrN2O. The monoisotopic (exact) mass is 240 g/mol. The minimum absolute atomic E-state index is 0.0707. The molecule has 0 saturated carbocycles. The quantitative estimate of drug-likeness (QED) is 0.769. The second-order valence-corrected chi connectivity index (χ2v) is 3.48. The van der Waals surface area contributed by atoms with E-state index < -0.39 is 0 Å². The van der Waals surface area contributed by atoms with E-state index in [1.54, 1.807) is 6.07 Å². The standard InChI is InChI=1S/C9H9BrN2O/c10-8-4-6(1-2-13)3-7(5-11)9(8)12/h3-4,13H,1-2,12H2. The number of aliphatic hydroxyl groups excluding tert-OH is 1. The summed E-state index contributed by atoms with van der Waals surface area (Å²) in [5, 5.41) is 17.4. The normalized spacial score (nSPS) is 9.62. The van der Waals surface area contributed by atoms with E-state index in [9.17, 15) is 0 Å². The van der Waals surface area contributed by atoms with Gasteiger partial charge in [-0.2, -0.15) is 5.26 Å². The summed E-state index contributed by atoms with van der Waals surface area (Å²) in [5.74, 6) is 0. The van der Waals surface area contributed by atoms with Crippen LogP contribution in [-0.2, 0) is 6.42 Å². The Balaban J connectivity index is 3.16. The molecule has 1 aromatic rings. The molecule has 0 aliphatic heterocycles. The fourth-order valence-corrected chi connectivity index (χ4v) is 1.55. The van der Waals surface area contributed by atoms with E-state index in [1.807, 2.05) is 12.1 Å². The van der Waals surface area contributed by atoms with Crippen molar-refractivity contribution in [2.24, 2.45) is 0 Å². The Bertz CT molecular complexity index is 357. The summed E-state index contributed by atoms with van der Waals surface area (Å²) in [5.41, 5.74) is 7.42. The van der Waals surface area contributed by atoms with Crippen LogP contribution >= 0.6 is 15.9 Å². The largest absolute Gasteiger partial charge is 0.397 e. The molecule has 3 N–H and O–H groups in total. The van der Waals surface area contributed by atoms with Gasteiger partial charge in [0.1, 0.15) is 6.07 Å². The van der Waals surface area contributed by atoms with Gasteiger partial charge in [0, 0.05) is 11.1 Å². The molecular weight excluding hydrogens is 232 g/mol. The van der Waals surface area contributed by atoms with Crippen LogP contribution in [-0.4, -0.2) is 11.7 Å². The topological polar surface area (TPSA) is 70.0 Å². The summed E-state index contributed by atoms with van der Waals surface area (Å²) in [6.07, 6.45) is 0.535. The zero-order valence-corrected chi connectivity index (χ0v) is 8.50. The summed E-state index contributed by atoms with van der Waals surface area (Å²) < 4.78 is 0.704. The Kier molecular flexibility index (Phi) is 3.29. The van der Waals surface area contributed by atoms with Crippen LogP contribution in [0.4, 0.5) is 5.69 Å². The van der Waals surface area contributed by atoms with E-state index >= 15 is 0 Å². The highest BCUT2D eigenvalue weighted by Gasteiger charge is 2.05. The molecule has 4 heteroatoms. The lowest BCUT2D eigenvalue weighted by Gasteiger charge is -2.04. The van der Waals surface area contributed by atoms with Crippen LogP contribution in [0.1, 0.15) is 11.1 Å². The third kappa shape index (κ3) is 2.20. The molecule has 0 spiro atoms. The van der Waals surface area contributed by atoms with Crippen LogP contribution in [0.2, 0.25) is 0 Å². The molecule has 0 aromatic heterocycles. The van der Waals surface area contributed by atoms with Crippen molar-refractivity contribution in [3.63, 3.8) is 0 Å². The van der Waals surface area contributed by atoms with Crippen LogP contribution in [0.3, 0.4) is 0 Å². The molecule has 1 aromatic carbocycles. The lowest BCUT2D eigenvalue weighted by molar-refractivity contribution is 0.299. The molecule has 0 bridgehead atoms.